The third kappa shape index (κ3) is 4.44. The highest BCUT2D eigenvalue weighted by Gasteiger charge is 2.38. The van der Waals surface area contributed by atoms with E-state index in [1.165, 1.54) is 13.3 Å². The average Bonchev–Trinajstić information content (AvgIpc) is 3.53. The quantitative estimate of drug-likeness (QED) is 0.379. The zero-order chi connectivity index (χ0) is 27.3. The fourth-order valence-corrected chi connectivity index (χ4v) is 5.85. The summed E-state index contributed by atoms with van der Waals surface area (Å²) in [6, 6.07) is 9.07. The van der Waals surface area contributed by atoms with E-state index in [1.807, 2.05) is 22.3 Å². The lowest BCUT2D eigenvalue weighted by atomic mass is 9.92. The van der Waals surface area contributed by atoms with E-state index in [0.717, 1.165) is 30.7 Å². The van der Waals surface area contributed by atoms with Gasteiger partial charge >= 0.3 is 0 Å². The molecule has 4 aromatic rings. The number of fused-ring (bicyclic) bond motifs is 2. The number of carbonyl (C=O) groups excluding carboxylic acids is 2. The van der Waals surface area contributed by atoms with Crippen molar-refractivity contribution < 1.29 is 14.3 Å². The number of amides is 2. The number of benzene rings is 1. The number of halogens is 1. The Balaban J connectivity index is 1.40. The molecule has 6 rings (SSSR count). The minimum Gasteiger partial charge on any atom is -0.496 e. The Kier molecular flexibility index (Phi) is 6.34. The number of piperidine rings is 1. The van der Waals surface area contributed by atoms with Crippen LogP contribution in [-0.2, 0) is 4.79 Å². The summed E-state index contributed by atoms with van der Waals surface area (Å²) in [6.07, 6.45) is 6.51. The van der Waals surface area contributed by atoms with E-state index in [2.05, 4.69) is 15.3 Å². The number of hydrogen-bond donors (Lipinski definition) is 2. The maximum Gasteiger partial charge on any atom is 0.256 e. The number of methoxy groups -OCH3 is 1. The van der Waals surface area contributed by atoms with Crippen molar-refractivity contribution >= 4 is 40.6 Å². The number of rotatable bonds is 5. The molecular weight excluding hydrogens is 518 g/mol. The van der Waals surface area contributed by atoms with Gasteiger partial charge < -0.3 is 20.7 Å². The number of aryl methyl sites for hydroxylation is 1. The molecule has 2 fully saturated rings. The van der Waals surface area contributed by atoms with Crippen molar-refractivity contribution in [2.24, 2.45) is 0 Å². The van der Waals surface area contributed by atoms with E-state index in [0.29, 0.717) is 58.1 Å². The predicted molar refractivity (Wildman–Crippen MR) is 148 cm³/mol. The monoisotopic (exact) mass is 545 g/mol. The van der Waals surface area contributed by atoms with Gasteiger partial charge in [-0.3, -0.25) is 14.0 Å². The van der Waals surface area contributed by atoms with E-state index in [-0.39, 0.29) is 23.6 Å². The van der Waals surface area contributed by atoms with Gasteiger partial charge in [0.15, 0.2) is 0 Å². The molecule has 0 bridgehead atoms. The Morgan fingerprint density at radius 2 is 2.00 bits per heavy atom. The summed E-state index contributed by atoms with van der Waals surface area (Å²) in [4.78, 5) is 41.0. The second-order valence-electron chi connectivity index (χ2n) is 10.1. The van der Waals surface area contributed by atoms with Crippen LogP contribution in [0.15, 0.2) is 42.7 Å². The summed E-state index contributed by atoms with van der Waals surface area (Å²) in [5.41, 5.74) is 9.53. The molecule has 1 aromatic carbocycles. The number of nitrogens with zero attached hydrogens (tertiary/aromatic N) is 5. The second-order valence-corrected chi connectivity index (χ2v) is 10.5. The van der Waals surface area contributed by atoms with Crippen LogP contribution in [0.4, 0.5) is 11.6 Å². The van der Waals surface area contributed by atoms with Crippen LogP contribution in [-0.4, -0.2) is 55.8 Å². The molecule has 2 saturated heterocycles. The topological polar surface area (TPSA) is 128 Å². The Bertz CT molecular complexity index is 1600. The van der Waals surface area contributed by atoms with Crippen molar-refractivity contribution in [2.75, 3.05) is 24.7 Å². The molecule has 2 unspecified atom stereocenters. The van der Waals surface area contributed by atoms with Gasteiger partial charge in [-0.1, -0.05) is 17.7 Å². The number of ether oxygens (including phenoxy) is 1. The van der Waals surface area contributed by atoms with Crippen LogP contribution in [0.3, 0.4) is 0 Å². The minimum atomic E-state index is -0.317. The SMILES string of the molecule is COc1cc(C(=O)Nc2ccc(C)cn2)ccc1-c1nc(C2CCC3CCC(=O)N3C2)n2c(Cl)cnc(N)c12. The van der Waals surface area contributed by atoms with E-state index < -0.39 is 0 Å². The van der Waals surface area contributed by atoms with Gasteiger partial charge in [-0.25, -0.2) is 15.0 Å². The maximum atomic E-state index is 12.9. The molecule has 2 aliphatic rings. The highest BCUT2D eigenvalue weighted by molar-refractivity contribution is 6.30. The lowest BCUT2D eigenvalue weighted by Gasteiger charge is -2.34. The molecule has 2 atom stereocenters. The molecule has 2 amide bonds. The van der Waals surface area contributed by atoms with Gasteiger partial charge in [0.05, 0.1) is 13.3 Å². The molecule has 3 N–H and O–H groups in total. The zero-order valence-electron chi connectivity index (χ0n) is 21.6. The largest absolute Gasteiger partial charge is 0.496 e. The first-order chi connectivity index (χ1) is 18.8. The van der Waals surface area contributed by atoms with Gasteiger partial charge in [-0.2, -0.15) is 0 Å². The molecule has 3 aromatic heterocycles. The van der Waals surface area contributed by atoms with Crippen LogP contribution in [0.1, 0.15) is 53.3 Å². The van der Waals surface area contributed by atoms with Crippen LogP contribution < -0.4 is 15.8 Å². The molecule has 0 aliphatic carbocycles. The van der Waals surface area contributed by atoms with Crippen molar-refractivity contribution in [1.29, 1.82) is 0 Å². The first-order valence-electron chi connectivity index (χ1n) is 12.9. The van der Waals surface area contributed by atoms with Gasteiger partial charge in [0.2, 0.25) is 5.91 Å². The molecule has 0 saturated carbocycles. The summed E-state index contributed by atoms with van der Waals surface area (Å²) in [5, 5.41) is 3.18. The first kappa shape index (κ1) is 25.1. The Morgan fingerprint density at radius 1 is 1.15 bits per heavy atom. The van der Waals surface area contributed by atoms with Crippen molar-refractivity contribution in [3.05, 3.63) is 64.8 Å². The lowest BCUT2D eigenvalue weighted by Crippen LogP contribution is -2.41. The number of nitrogens with two attached hydrogens (primary N) is 1. The minimum absolute atomic E-state index is 0.0121. The highest BCUT2D eigenvalue weighted by Crippen LogP contribution is 2.41. The van der Waals surface area contributed by atoms with Gasteiger partial charge in [0.25, 0.3) is 5.91 Å². The molecule has 10 nitrogen and oxygen atoms in total. The smallest absolute Gasteiger partial charge is 0.256 e. The summed E-state index contributed by atoms with van der Waals surface area (Å²) >= 11 is 6.66. The molecule has 2 aliphatic heterocycles. The van der Waals surface area contributed by atoms with E-state index in [4.69, 9.17) is 27.1 Å². The standard InChI is InChI=1S/C28H28ClN7O3/c1-15-3-9-22(31-12-15)33-28(38)16-5-8-19(20(11-16)39-2)24-25-26(30)32-13-21(29)36(25)27(34-24)17-4-6-18-7-10-23(37)35(18)14-17/h3,5,8-9,11-13,17-18H,4,6-7,10,14H2,1-2H3,(H2,30,32)(H,31,33,38). The van der Waals surface area contributed by atoms with Crippen LogP contribution in [0.2, 0.25) is 5.15 Å². The van der Waals surface area contributed by atoms with E-state index in [9.17, 15) is 9.59 Å². The predicted octanol–water partition coefficient (Wildman–Crippen LogP) is 4.46. The number of carbonyl (C=O) groups is 2. The molecular formula is C28H28ClN7O3. The van der Waals surface area contributed by atoms with Gasteiger partial charge in [-0.15, -0.1) is 0 Å². The van der Waals surface area contributed by atoms with Crippen molar-refractivity contribution in [2.45, 2.75) is 44.6 Å². The van der Waals surface area contributed by atoms with Crippen LogP contribution in [0.25, 0.3) is 16.8 Å². The number of anilines is 2. The van der Waals surface area contributed by atoms with E-state index in [1.54, 1.807) is 30.5 Å². The maximum absolute atomic E-state index is 12.9. The van der Waals surface area contributed by atoms with Crippen LogP contribution >= 0.6 is 11.6 Å². The summed E-state index contributed by atoms with van der Waals surface area (Å²) in [5.74, 6) is 1.76. The van der Waals surface area contributed by atoms with Crippen molar-refractivity contribution in [3.63, 3.8) is 0 Å². The summed E-state index contributed by atoms with van der Waals surface area (Å²) < 4.78 is 7.54. The Morgan fingerprint density at radius 3 is 2.77 bits per heavy atom. The summed E-state index contributed by atoms with van der Waals surface area (Å²) in [7, 11) is 1.54. The normalized spacial score (nSPS) is 18.8. The third-order valence-electron chi connectivity index (χ3n) is 7.62. The number of nitrogens with one attached hydrogen (secondary N) is 1. The second kappa shape index (κ2) is 9.85. The van der Waals surface area contributed by atoms with E-state index >= 15 is 0 Å². The van der Waals surface area contributed by atoms with Crippen LogP contribution in [0.5, 0.6) is 5.75 Å². The average molecular weight is 546 g/mol. The molecule has 5 heterocycles. The number of aromatic nitrogens is 4. The molecule has 0 radical (unpaired) electrons. The highest BCUT2D eigenvalue weighted by atomic mass is 35.5. The number of nitrogen functional groups attached to an aromatic ring is 1. The fraction of sp³-hybridized carbons (Fsp3) is 0.321. The fourth-order valence-electron chi connectivity index (χ4n) is 5.63. The molecule has 0 spiro atoms. The lowest BCUT2D eigenvalue weighted by molar-refractivity contribution is -0.130. The zero-order valence-corrected chi connectivity index (χ0v) is 22.4. The first-order valence-corrected chi connectivity index (χ1v) is 13.3. The van der Waals surface area contributed by atoms with Gasteiger partial charge in [-0.05, 0) is 56.0 Å². The van der Waals surface area contributed by atoms with Crippen LogP contribution in [0, 0.1) is 6.92 Å². The van der Waals surface area contributed by atoms with Gasteiger partial charge in [0.1, 0.15) is 39.6 Å². The molecule has 39 heavy (non-hydrogen) atoms. The number of hydrogen-bond acceptors (Lipinski definition) is 7. The van der Waals surface area contributed by atoms with Gasteiger partial charge in [0, 0.05) is 42.2 Å². The Hall–Kier alpha value is -4.18. The number of imidazole rings is 1. The number of pyridine rings is 1. The van der Waals surface area contributed by atoms with Crippen molar-refractivity contribution in [3.8, 4) is 17.0 Å². The summed E-state index contributed by atoms with van der Waals surface area (Å²) in [6.45, 7) is 2.52. The Labute approximate surface area is 230 Å². The third-order valence-corrected chi connectivity index (χ3v) is 7.89. The van der Waals surface area contributed by atoms with Crippen molar-refractivity contribution in [1.82, 2.24) is 24.3 Å². The molecule has 200 valence electrons. The molecule has 11 heteroatoms.